The van der Waals surface area contributed by atoms with Gasteiger partial charge in [0.25, 0.3) is 11.2 Å². The SMILES string of the molecule is O=C(Cn1cnc2ccc([N+](=O)[O-])cc2c1=O)NC(c1ccccc1)C1CC1. The third kappa shape index (κ3) is 3.62. The van der Waals surface area contributed by atoms with E-state index >= 15 is 0 Å². The van der Waals surface area contributed by atoms with Gasteiger partial charge < -0.3 is 5.32 Å². The zero-order valence-corrected chi connectivity index (χ0v) is 14.9. The van der Waals surface area contributed by atoms with Crippen LogP contribution in [0, 0.1) is 16.0 Å². The number of rotatable bonds is 6. The van der Waals surface area contributed by atoms with E-state index in [1.54, 1.807) is 0 Å². The number of nitrogens with one attached hydrogen (secondary N) is 1. The van der Waals surface area contributed by atoms with E-state index in [-0.39, 0.29) is 29.6 Å². The molecule has 1 amide bonds. The van der Waals surface area contributed by atoms with E-state index in [1.165, 1.54) is 29.1 Å². The maximum Gasteiger partial charge on any atom is 0.270 e. The van der Waals surface area contributed by atoms with Crippen LogP contribution in [-0.2, 0) is 11.3 Å². The molecule has 0 bridgehead atoms. The minimum atomic E-state index is -0.566. The molecule has 0 spiro atoms. The Bertz CT molecular complexity index is 1110. The zero-order chi connectivity index (χ0) is 19.7. The Morgan fingerprint density at radius 1 is 1.25 bits per heavy atom. The van der Waals surface area contributed by atoms with Gasteiger partial charge in [0.2, 0.25) is 5.91 Å². The second-order valence-corrected chi connectivity index (χ2v) is 6.93. The van der Waals surface area contributed by atoms with Crippen molar-refractivity contribution < 1.29 is 9.72 Å². The molecule has 8 heteroatoms. The van der Waals surface area contributed by atoms with Gasteiger partial charge in [-0.2, -0.15) is 0 Å². The maximum atomic E-state index is 12.7. The van der Waals surface area contributed by atoms with Crippen molar-refractivity contribution in [2.45, 2.75) is 25.4 Å². The van der Waals surface area contributed by atoms with Crippen LogP contribution in [0.25, 0.3) is 10.9 Å². The van der Waals surface area contributed by atoms with E-state index in [0.29, 0.717) is 11.4 Å². The summed E-state index contributed by atoms with van der Waals surface area (Å²) < 4.78 is 1.18. The van der Waals surface area contributed by atoms with Gasteiger partial charge in [0.05, 0.1) is 28.2 Å². The minimum Gasteiger partial charge on any atom is -0.347 e. The van der Waals surface area contributed by atoms with Gasteiger partial charge in [-0.15, -0.1) is 0 Å². The quantitative estimate of drug-likeness (QED) is 0.524. The molecule has 1 saturated carbocycles. The Balaban J connectivity index is 1.57. The fourth-order valence-corrected chi connectivity index (χ4v) is 3.31. The van der Waals surface area contributed by atoms with Crippen molar-refractivity contribution in [2.75, 3.05) is 0 Å². The maximum absolute atomic E-state index is 12.7. The summed E-state index contributed by atoms with van der Waals surface area (Å²) in [6, 6.07) is 13.6. The van der Waals surface area contributed by atoms with Crippen molar-refractivity contribution in [3.05, 3.63) is 80.9 Å². The highest BCUT2D eigenvalue weighted by Gasteiger charge is 2.33. The lowest BCUT2D eigenvalue weighted by molar-refractivity contribution is -0.384. The van der Waals surface area contributed by atoms with E-state index in [4.69, 9.17) is 0 Å². The molecular formula is C20H18N4O4. The first-order valence-electron chi connectivity index (χ1n) is 9.01. The predicted octanol–water partition coefficient (Wildman–Crippen LogP) is 2.57. The summed E-state index contributed by atoms with van der Waals surface area (Å²) in [5, 5.41) is 14.1. The highest BCUT2D eigenvalue weighted by atomic mass is 16.6. The molecule has 1 aromatic heterocycles. The van der Waals surface area contributed by atoms with Gasteiger partial charge in [-0.05, 0) is 30.4 Å². The standard InChI is InChI=1S/C20H18N4O4/c25-18(22-19(14-6-7-14)13-4-2-1-3-5-13)11-23-12-21-17-9-8-15(24(27)28)10-16(17)20(23)26/h1-5,8-10,12,14,19H,6-7,11H2,(H,22,25). The number of benzene rings is 2. The van der Waals surface area contributed by atoms with E-state index in [0.717, 1.165) is 18.4 Å². The van der Waals surface area contributed by atoms with Gasteiger partial charge in [-0.25, -0.2) is 4.98 Å². The molecule has 8 nitrogen and oxygen atoms in total. The first kappa shape index (κ1) is 17.8. The van der Waals surface area contributed by atoms with Crippen LogP contribution in [0.4, 0.5) is 5.69 Å². The van der Waals surface area contributed by atoms with Crippen molar-refractivity contribution in [2.24, 2.45) is 5.92 Å². The van der Waals surface area contributed by atoms with Crippen LogP contribution in [0.15, 0.2) is 59.7 Å². The summed E-state index contributed by atoms with van der Waals surface area (Å²) in [6.45, 7) is -0.194. The first-order valence-corrected chi connectivity index (χ1v) is 9.01. The molecule has 3 aromatic rings. The van der Waals surface area contributed by atoms with Crippen molar-refractivity contribution in [3.63, 3.8) is 0 Å². The number of hydrogen-bond donors (Lipinski definition) is 1. The predicted molar refractivity (Wildman–Crippen MR) is 103 cm³/mol. The van der Waals surface area contributed by atoms with E-state index in [9.17, 15) is 19.7 Å². The molecule has 1 unspecified atom stereocenters. The van der Waals surface area contributed by atoms with Gasteiger partial charge in [0.1, 0.15) is 6.54 Å². The molecule has 4 rings (SSSR count). The molecule has 2 aromatic carbocycles. The first-order chi connectivity index (χ1) is 13.5. The summed E-state index contributed by atoms with van der Waals surface area (Å²) in [5.41, 5.74) is 0.725. The molecule has 1 aliphatic rings. The lowest BCUT2D eigenvalue weighted by Crippen LogP contribution is -2.35. The molecule has 28 heavy (non-hydrogen) atoms. The summed E-state index contributed by atoms with van der Waals surface area (Å²) in [4.78, 5) is 39.8. The van der Waals surface area contributed by atoms with E-state index in [1.807, 2.05) is 30.3 Å². The molecule has 0 aliphatic heterocycles. The van der Waals surface area contributed by atoms with Crippen molar-refractivity contribution >= 4 is 22.5 Å². The van der Waals surface area contributed by atoms with Crippen LogP contribution < -0.4 is 10.9 Å². The molecule has 0 radical (unpaired) electrons. The number of nitrogens with zero attached hydrogens (tertiary/aromatic N) is 3. The van der Waals surface area contributed by atoms with Crippen LogP contribution in [-0.4, -0.2) is 20.4 Å². The summed E-state index contributed by atoms with van der Waals surface area (Å²) >= 11 is 0. The molecule has 0 saturated heterocycles. The number of carbonyl (C=O) groups excluding carboxylic acids is 1. The number of aromatic nitrogens is 2. The molecule has 142 valence electrons. The van der Waals surface area contributed by atoms with Crippen molar-refractivity contribution in [1.29, 1.82) is 0 Å². The van der Waals surface area contributed by atoms with Gasteiger partial charge >= 0.3 is 0 Å². The molecule has 1 heterocycles. The Morgan fingerprint density at radius 3 is 2.68 bits per heavy atom. The van der Waals surface area contributed by atoms with Crippen LogP contribution in [0.2, 0.25) is 0 Å². The van der Waals surface area contributed by atoms with Gasteiger partial charge in [-0.3, -0.25) is 24.3 Å². The Morgan fingerprint density at radius 2 is 2.00 bits per heavy atom. The largest absolute Gasteiger partial charge is 0.347 e. The Hall–Kier alpha value is -3.55. The minimum absolute atomic E-state index is 0.0843. The van der Waals surface area contributed by atoms with Gasteiger partial charge in [0, 0.05) is 12.1 Å². The average molecular weight is 378 g/mol. The van der Waals surface area contributed by atoms with Crippen LogP contribution in [0.1, 0.15) is 24.4 Å². The molecule has 1 aliphatic carbocycles. The number of amides is 1. The lowest BCUT2D eigenvalue weighted by atomic mass is 10.0. The number of fused-ring (bicyclic) bond motifs is 1. The number of hydrogen-bond acceptors (Lipinski definition) is 5. The van der Waals surface area contributed by atoms with E-state index < -0.39 is 10.5 Å². The second-order valence-electron chi connectivity index (χ2n) is 6.93. The summed E-state index contributed by atoms with van der Waals surface area (Å²) in [7, 11) is 0. The summed E-state index contributed by atoms with van der Waals surface area (Å²) in [6.07, 6.45) is 3.41. The molecule has 1 fully saturated rings. The third-order valence-corrected chi connectivity index (χ3v) is 4.90. The molecule has 1 atom stereocenters. The topological polar surface area (TPSA) is 107 Å². The highest BCUT2D eigenvalue weighted by molar-refractivity contribution is 5.81. The third-order valence-electron chi connectivity index (χ3n) is 4.90. The molecular weight excluding hydrogens is 360 g/mol. The van der Waals surface area contributed by atoms with E-state index in [2.05, 4.69) is 10.3 Å². The monoisotopic (exact) mass is 378 g/mol. The average Bonchev–Trinajstić information content (AvgIpc) is 3.54. The van der Waals surface area contributed by atoms with Crippen LogP contribution in [0.5, 0.6) is 0 Å². The fourth-order valence-electron chi connectivity index (χ4n) is 3.31. The number of nitro groups is 1. The lowest BCUT2D eigenvalue weighted by Gasteiger charge is -2.19. The highest BCUT2D eigenvalue weighted by Crippen LogP contribution is 2.40. The fraction of sp³-hybridized carbons (Fsp3) is 0.250. The number of nitro benzene ring substituents is 1. The Labute approximate surface area is 160 Å². The Kier molecular flexibility index (Phi) is 4.60. The number of carbonyl (C=O) groups is 1. The second kappa shape index (κ2) is 7.22. The van der Waals surface area contributed by atoms with Crippen molar-refractivity contribution in [3.8, 4) is 0 Å². The summed E-state index contributed by atoms with van der Waals surface area (Å²) in [5.74, 6) is 0.106. The van der Waals surface area contributed by atoms with Crippen LogP contribution in [0.3, 0.4) is 0 Å². The van der Waals surface area contributed by atoms with Crippen LogP contribution >= 0.6 is 0 Å². The van der Waals surface area contributed by atoms with Gasteiger partial charge in [0.15, 0.2) is 0 Å². The normalized spacial score (nSPS) is 14.6. The van der Waals surface area contributed by atoms with Gasteiger partial charge in [-0.1, -0.05) is 30.3 Å². The number of non-ortho nitro benzene ring substituents is 1. The molecule has 1 N–H and O–H groups in total. The smallest absolute Gasteiger partial charge is 0.270 e. The van der Waals surface area contributed by atoms with Crippen molar-refractivity contribution in [1.82, 2.24) is 14.9 Å². The zero-order valence-electron chi connectivity index (χ0n) is 14.9.